The molecule has 2 heteroatoms. The fourth-order valence-corrected chi connectivity index (χ4v) is 2.72. The third-order valence-corrected chi connectivity index (χ3v) is 3.50. The molecule has 0 aliphatic heterocycles. The first-order chi connectivity index (χ1) is 6.48. The average Bonchev–Trinajstić information content (AvgIpc) is 2.35. The van der Waals surface area contributed by atoms with Gasteiger partial charge in [-0.15, -0.1) is 0 Å². The van der Waals surface area contributed by atoms with E-state index in [4.69, 9.17) is 5.11 Å². The van der Waals surface area contributed by atoms with Gasteiger partial charge in [0.2, 0.25) is 0 Å². The summed E-state index contributed by atoms with van der Waals surface area (Å²) in [5.41, 5.74) is 0.477. The highest BCUT2D eigenvalue weighted by atomic mass is 16.3. The number of rotatable bonds is 4. The highest BCUT2D eigenvalue weighted by Gasteiger charge is 2.36. The second kappa shape index (κ2) is 4.63. The van der Waals surface area contributed by atoms with Crippen molar-refractivity contribution in [3.05, 3.63) is 0 Å². The van der Waals surface area contributed by atoms with Crippen LogP contribution in [-0.2, 0) is 0 Å². The van der Waals surface area contributed by atoms with Gasteiger partial charge in [0.1, 0.15) is 0 Å². The van der Waals surface area contributed by atoms with Crippen LogP contribution in [0.1, 0.15) is 47.0 Å². The molecule has 1 rings (SSSR count). The molecule has 0 bridgehead atoms. The largest absolute Gasteiger partial charge is 0.395 e. The fraction of sp³-hybridized carbons (Fsp3) is 1.00. The van der Waals surface area contributed by atoms with Gasteiger partial charge >= 0.3 is 0 Å². The molecule has 14 heavy (non-hydrogen) atoms. The molecule has 3 atom stereocenters. The van der Waals surface area contributed by atoms with E-state index in [2.05, 4.69) is 33.0 Å². The van der Waals surface area contributed by atoms with Crippen molar-refractivity contribution >= 4 is 0 Å². The summed E-state index contributed by atoms with van der Waals surface area (Å²) in [5, 5.41) is 12.7. The van der Waals surface area contributed by atoms with Crippen LogP contribution < -0.4 is 5.32 Å². The van der Waals surface area contributed by atoms with Crippen molar-refractivity contribution in [3.63, 3.8) is 0 Å². The van der Waals surface area contributed by atoms with Gasteiger partial charge in [0.05, 0.1) is 6.61 Å². The first-order valence-corrected chi connectivity index (χ1v) is 5.85. The number of hydrogen-bond donors (Lipinski definition) is 2. The van der Waals surface area contributed by atoms with Gasteiger partial charge in [-0.3, -0.25) is 0 Å². The van der Waals surface area contributed by atoms with Gasteiger partial charge in [-0.25, -0.2) is 0 Å². The van der Waals surface area contributed by atoms with Crippen molar-refractivity contribution < 1.29 is 5.11 Å². The van der Waals surface area contributed by atoms with Crippen molar-refractivity contribution in [2.45, 2.75) is 59.0 Å². The summed E-state index contributed by atoms with van der Waals surface area (Å²) < 4.78 is 0. The minimum Gasteiger partial charge on any atom is -0.395 e. The molecule has 0 aromatic carbocycles. The first kappa shape index (κ1) is 12.0. The summed E-state index contributed by atoms with van der Waals surface area (Å²) in [6, 6.07) is 0.887. The number of nitrogens with one attached hydrogen (secondary N) is 1. The van der Waals surface area contributed by atoms with E-state index in [9.17, 15) is 0 Å². The second-order valence-electron chi connectivity index (χ2n) is 5.61. The van der Waals surface area contributed by atoms with Crippen LogP contribution in [-0.4, -0.2) is 23.8 Å². The van der Waals surface area contributed by atoms with E-state index in [1.165, 1.54) is 12.8 Å². The van der Waals surface area contributed by atoms with E-state index >= 15 is 0 Å². The van der Waals surface area contributed by atoms with Gasteiger partial charge in [0, 0.05) is 12.1 Å². The Labute approximate surface area is 88.1 Å². The maximum Gasteiger partial charge on any atom is 0.0584 e. The third-order valence-electron chi connectivity index (χ3n) is 3.50. The molecule has 0 aromatic rings. The Hall–Kier alpha value is -0.0800. The van der Waals surface area contributed by atoms with Gasteiger partial charge in [0.15, 0.2) is 0 Å². The molecule has 0 amide bonds. The molecule has 2 N–H and O–H groups in total. The van der Waals surface area contributed by atoms with E-state index in [0.29, 0.717) is 11.5 Å². The smallest absolute Gasteiger partial charge is 0.0584 e. The first-order valence-electron chi connectivity index (χ1n) is 5.85. The van der Waals surface area contributed by atoms with Crippen molar-refractivity contribution in [1.29, 1.82) is 0 Å². The molecule has 0 saturated heterocycles. The Bertz CT molecular complexity index is 175. The van der Waals surface area contributed by atoms with E-state index in [1.807, 2.05) is 0 Å². The van der Waals surface area contributed by atoms with Crippen molar-refractivity contribution in [2.24, 2.45) is 11.3 Å². The predicted octanol–water partition coefficient (Wildman–Crippen LogP) is 2.17. The van der Waals surface area contributed by atoms with Crippen LogP contribution in [0.4, 0.5) is 0 Å². The molecule has 1 saturated carbocycles. The Morgan fingerprint density at radius 3 is 2.43 bits per heavy atom. The molecule has 0 spiro atoms. The summed E-state index contributed by atoms with van der Waals surface area (Å²) in [6.07, 6.45) is 3.55. The van der Waals surface area contributed by atoms with E-state index in [0.717, 1.165) is 12.3 Å². The summed E-state index contributed by atoms with van der Waals surface area (Å²) >= 11 is 0. The molecule has 2 nitrogen and oxygen atoms in total. The summed E-state index contributed by atoms with van der Waals surface area (Å²) in [5.74, 6) is 0.741. The van der Waals surface area contributed by atoms with E-state index < -0.39 is 0 Å². The minimum atomic E-state index is 0.264. The predicted molar refractivity (Wildman–Crippen MR) is 60.3 cm³/mol. The van der Waals surface area contributed by atoms with Crippen molar-refractivity contribution in [1.82, 2.24) is 5.32 Å². The standard InChI is InChI=1S/C12H25NO/c1-5-10(8-14)13-11-7-12(3,4)6-9(11)2/h9-11,13-14H,5-8H2,1-4H3/t9?,10-,11?/m1/s1. The van der Waals surface area contributed by atoms with Crippen LogP contribution >= 0.6 is 0 Å². The van der Waals surface area contributed by atoms with Crippen LogP contribution in [0.3, 0.4) is 0 Å². The molecule has 0 aromatic heterocycles. The Morgan fingerprint density at radius 2 is 2.07 bits per heavy atom. The SMILES string of the molecule is CC[C@H](CO)NC1CC(C)(C)CC1C. The van der Waals surface area contributed by atoms with Crippen LogP contribution in [0, 0.1) is 11.3 Å². The zero-order valence-electron chi connectivity index (χ0n) is 10.0. The third kappa shape index (κ3) is 2.96. The van der Waals surface area contributed by atoms with Crippen LogP contribution in [0.2, 0.25) is 0 Å². The molecule has 1 fully saturated rings. The summed E-state index contributed by atoms with van der Waals surface area (Å²) in [6.45, 7) is 9.38. The van der Waals surface area contributed by atoms with Gasteiger partial charge in [-0.2, -0.15) is 0 Å². The minimum absolute atomic E-state index is 0.264. The molecule has 0 heterocycles. The van der Waals surface area contributed by atoms with Crippen LogP contribution in [0.25, 0.3) is 0 Å². The maximum absolute atomic E-state index is 9.14. The lowest BCUT2D eigenvalue weighted by Crippen LogP contribution is -2.41. The maximum atomic E-state index is 9.14. The highest BCUT2D eigenvalue weighted by molar-refractivity contribution is 4.92. The van der Waals surface area contributed by atoms with E-state index in [1.54, 1.807) is 0 Å². The quantitative estimate of drug-likeness (QED) is 0.727. The second-order valence-corrected chi connectivity index (χ2v) is 5.61. The molecule has 1 aliphatic rings. The Kier molecular flexibility index (Phi) is 3.96. The lowest BCUT2D eigenvalue weighted by Gasteiger charge is -2.23. The molecule has 1 aliphatic carbocycles. The Balaban J connectivity index is 2.45. The molecular formula is C12H25NO. The normalized spacial score (nSPS) is 33.2. The molecule has 2 unspecified atom stereocenters. The van der Waals surface area contributed by atoms with E-state index in [-0.39, 0.29) is 12.6 Å². The van der Waals surface area contributed by atoms with Gasteiger partial charge < -0.3 is 10.4 Å². The summed E-state index contributed by atoms with van der Waals surface area (Å²) in [7, 11) is 0. The monoisotopic (exact) mass is 199 g/mol. The molecular weight excluding hydrogens is 174 g/mol. The Morgan fingerprint density at radius 1 is 1.43 bits per heavy atom. The highest BCUT2D eigenvalue weighted by Crippen LogP contribution is 2.40. The van der Waals surface area contributed by atoms with Crippen molar-refractivity contribution in [2.75, 3.05) is 6.61 Å². The topological polar surface area (TPSA) is 32.3 Å². The van der Waals surface area contributed by atoms with Gasteiger partial charge in [-0.1, -0.05) is 27.7 Å². The number of aliphatic hydroxyl groups excluding tert-OH is 1. The zero-order chi connectivity index (χ0) is 10.8. The lowest BCUT2D eigenvalue weighted by atomic mass is 9.91. The fourth-order valence-electron chi connectivity index (χ4n) is 2.72. The molecule has 0 radical (unpaired) electrons. The van der Waals surface area contributed by atoms with Gasteiger partial charge in [-0.05, 0) is 30.6 Å². The van der Waals surface area contributed by atoms with Crippen LogP contribution in [0.15, 0.2) is 0 Å². The lowest BCUT2D eigenvalue weighted by molar-refractivity contribution is 0.218. The van der Waals surface area contributed by atoms with Gasteiger partial charge in [0.25, 0.3) is 0 Å². The number of aliphatic hydroxyl groups is 1. The average molecular weight is 199 g/mol. The number of hydrogen-bond acceptors (Lipinski definition) is 2. The summed E-state index contributed by atoms with van der Waals surface area (Å²) in [4.78, 5) is 0. The zero-order valence-corrected chi connectivity index (χ0v) is 10.0. The van der Waals surface area contributed by atoms with Crippen LogP contribution in [0.5, 0.6) is 0 Å². The van der Waals surface area contributed by atoms with Crippen molar-refractivity contribution in [3.8, 4) is 0 Å². The molecule has 84 valence electrons.